The lowest BCUT2D eigenvalue weighted by Gasteiger charge is -2.28. The van der Waals surface area contributed by atoms with Crippen LogP contribution >= 0.6 is 0 Å². The Bertz CT molecular complexity index is 1420. The summed E-state index contributed by atoms with van der Waals surface area (Å²) in [6.07, 6.45) is -6.74. The highest BCUT2D eigenvalue weighted by Gasteiger charge is 2.35. The number of alkyl halides is 6. The van der Waals surface area contributed by atoms with Crippen LogP contribution in [0.5, 0.6) is 11.5 Å². The normalized spacial score (nSPS) is 18.3. The summed E-state index contributed by atoms with van der Waals surface area (Å²) < 4.78 is 92.7. The zero-order valence-corrected chi connectivity index (χ0v) is 25.7. The Hall–Kier alpha value is -4.35. The fourth-order valence-corrected chi connectivity index (χ4v) is 4.73. The standard InChI is InChI=1S/C17H21F3N2O5.C12H13F3N2O3/c1-16(2,3)27-15(23)21-6-4-5-12(21)10-26-14-8-11(17(18,19)20)7-13(9-14)22(24)25;13-12(14,15)8-4-10(17(18)19)6-11(5-8)20-7-9-2-1-3-16-9/h7-9,12H,4-6,10H2,1-3H3;4-6,9,16H,1-3,7H2. The number of ether oxygens (including phenoxy) is 3. The second-order valence-electron chi connectivity index (χ2n) is 11.8. The zero-order valence-electron chi connectivity index (χ0n) is 25.7. The van der Waals surface area contributed by atoms with E-state index in [-0.39, 0.29) is 36.8 Å². The minimum atomic E-state index is -4.74. The molecule has 2 fully saturated rings. The van der Waals surface area contributed by atoms with Crippen molar-refractivity contribution in [3.05, 3.63) is 67.8 Å². The first-order valence-corrected chi connectivity index (χ1v) is 14.4. The van der Waals surface area contributed by atoms with Gasteiger partial charge in [0.15, 0.2) is 0 Å². The molecule has 18 heteroatoms. The lowest BCUT2D eigenvalue weighted by molar-refractivity contribution is -0.385. The van der Waals surface area contributed by atoms with Crippen LogP contribution in [-0.4, -0.2) is 64.8 Å². The number of halogens is 6. The number of carbonyl (C=O) groups is 1. The smallest absolute Gasteiger partial charge is 0.416 e. The number of rotatable bonds is 8. The number of nitro groups is 2. The predicted octanol–water partition coefficient (Wildman–Crippen LogP) is 7.14. The van der Waals surface area contributed by atoms with Gasteiger partial charge in [-0.1, -0.05) is 0 Å². The number of benzene rings is 2. The highest BCUT2D eigenvalue weighted by Crippen LogP contribution is 2.36. The molecule has 2 heterocycles. The van der Waals surface area contributed by atoms with Crippen LogP contribution in [-0.2, 0) is 17.1 Å². The van der Waals surface area contributed by atoms with Crippen LogP contribution in [0.15, 0.2) is 36.4 Å². The first kappa shape index (κ1) is 37.1. The van der Waals surface area contributed by atoms with Crippen molar-refractivity contribution in [1.82, 2.24) is 10.2 Å². The summed E-state index contributed by atoms with van der Waals surface area (Å²) in [5.74, 6) is -0.409. The van der Waals surface area contributed by atoms with E-state index in [9.17, 15) is 51.4 Å². The molecule has 0 aromatic heterocycles. The van der Waals surface area contributed by atoms with Crippen LogP contribution < -0.4 is 14.8 Å². The van der Waals surface area contributed by atoms with Gasteiger partial charge in [-0.05, 0) is 65.1 Å². The number of carbonyl (C=O) groups excluding carboxylic acids is 1. The molecule has 1 N–H and O–H groups in total. The number of likely N-dealkylation sites (tertiary alicyclic amines) is 1. The molecule has 2 aliphatic heterocycles. The topological polar surface area (TPSA) is 146 Å². The molecule has 47 heavy (non-hydrogen) atoms. The number of hydrogen-bond acceptors (Lipinski definition) is 9. The zero-order chi connectivity index (χ0) is 35.2. The van der Waals surface area contributed by atoms with Gasteiger partial charge in [0, 0.05) is 24.7 Å². The lowest BCUT2D eigenvalue weighted by Crippen LogP contribution is -2.42. The average molecular weight is 681 g/mol. The van der Waals surface area contributed by atoms with Crippen LogP contribution in [0.25, 0.3) is 0 Å². The number of nitrogens with one attached hydrogen (secondary N) is 1. The Kier molecular flexibility index (Phi) is 11.9. The number of nitrogens with zero attached hydrogens (tertiary/aromatic N) is 3. The largest absolute Gasteiger partial charge is 0.492 e. The third-order valence-corrected chi connectivity index (χ3v) is 6.92. The number of non-ortho nitro benzene ring substituents is 2. The van der Waals surface area contributed by atoms with Crippen molar-refractivity contribution in [1.29, 1.82) is 0 Å². The van der Waals surface area contributed by atoms with Gasteiger partial charge in [0.1, 0.15) is 30.3 Å². The van der Waals surface area contributed by atoms with Gasteiger partial charge in [-0.25, -0.2) is 4.79 Å². The third-order valence-electron chi connectivity index (χ3n) is 6.92. The summed E-state index contributed by atoms with van der Waals surface area (Å²) in [7, 11) is 0. The molecule has 2 atom stereocenters. The van der Waals surface area contributed by atoms with Crippen LogP contribution in [0.4, 0.5) is 42.5 Å². The van der Waals surface area contributed by atoms with E-state index in [4.69, 9.17) is 14.2 Å². The van der Waals surface area contributed by atoms with Gasteiger partial charge in [0.2, 0.25) is 0 Å². The summed E-state index contributed by atoms with van der Waals surface area (Å²) in [6, 6.07) is 4.07. The molecule has 260 valence electrons. The summed E-state index contributed by atoms with van der Waals surface area (Å²) in [6.45, 7) is 6.59. The summed E-state index contributed by atoms with van der Waals surface area (Å²) >= 11 is 0. The van der Waals surface area contributed by atoms with Crippen LogP contribution in [0.1, 0.15) is 57.6 Å². The molecule has 4 rings (SSSR count). The SMILES string of the molecule is CC(C)(C)OC(=O)N1CCCC1COc1cc([N+](=O)[O-])cc(C(F)(F)F)c1.O=[N+]([O-])c1cc(OCC2CCCN2)cc(C(F)(F)F)c1. The molecule has 12 nitrogen and oxygen atoms in total. The molecule has 0 bridgehead atoms. The summed E-state index contributed by atoms with van der Waals surface area (Å²) in [4.78, 5) is 33.5. The molecule has 0 saturated carbocycles. The van der Waals surface area contributed by atoms with Gasteiger partial charge < -0.3 is 24.4 Å². The maximum Gasteiger partial charge on any atom is 0.416 e. The first-order chi connectivity index (χ1) is 21.7. The fourth-order valence-electron chi connectivity index (χ4n) is 4.73. The molecule has 2 aliphatic rings. The maximum absolute atomic E-state index is 12.9. The van der Waals surface area contributed by atoms with Gasteiger partial charge in [0.25, 0.3) is 11.4 Å². The van der Waals surface area contributed by atoms with Gasteiger partial charge in [-0.3, -0.25) is 20.2 Å². The van der Waals surface area contributed by atoms with E-state index in [2.05, 4.69) is 5.32 Å². The number of hydrogen-bond donors (Lipinski definition) is 1. The molecular formula is C29H34F6N4O8. The molecule has 0 spiro atoms. The Morgan fingerprint density at radius 3 is 1.77 bits per heavy atom. The average Bonchev–Trinajstić information content (AvgIpc) is 3.66. The van der Waals surface area contributed by atoms with E-state index in [1.807, 2.05) is 0 Å². The van der Waals surface area contributed by atoms with Crippen molar-refractivity contribution in [3.8, 4) is 11.5 Å². The van der Waals surface area contributed by atoms with Gasteiger partial charge in [0.05, 0.1) is 39.1 Å². The monoisotopic (exact) mass is 680 g/mol. The lowest BCUT2D eigenvalue weighted by atomic mass is 10.2. The molecular weight excluding hydrogens is 646 g/mol. The van der Waals surface area contributed by atoms with Crippen molar-refractivity contribution in [2.75, 3.05) is 26.3 Å². The van der Waals surface area contributed by atoms with Gasteiger partial charge in [-0.2, -0.15) is 26.3 Å². The van der Waals surface area contributed by atoms with E-state index in [0.29, 0.717) is 37.6 Å². The third kappa shape index (κ3) is 11.4. The molecule has 2 aromatic carbocycles. The van der Waals surface area contributed by atoms with E-state index < -0.39 is 56.4 Å². The second kappa shape index (κ2) is 15.0. The molecule has 1 amide bonds. The first-order valence-electron chi connectivity index (χ1n) is 14.4. The van der Waals surface area contributed by atoms with Crippen molar-refractivity contribution in [2.24, 2.45) is 0 Å². The second-order valence-corrected chi connectivity index (χ2v) is 11.8. The Morgan fingerprint density at radius 1 is 0.830 bits per heavy atom. The van der Waals surface area contributed by atoms with Crippen molar-refractivity contribution >= 4 is 17.5 Å². The molecule has 2 aromatic rings. The van der Waals surface area contributed by atoms with E-state index >= 15 is 0 Å². The highest BCUT2D eigenvalue weighted by molar-refractivity contribution is 5.69. The Labute approximate surface area is 265 Å². The molecule has 0 radical (unpaired) electrons. The maximum atomic E-state index is 12.9. The fraction of sp³-hybridized carbons (Fsp3) is 0.552. The summed E-state index contributed by atoms with van der Waals surface area (Å²) in [5.41, 5.74) is -4.26. The van der Waals surface area contributed by atoms with Crippen molar-refractivity contribution in [3.63, 3.8) is 0 Å². The van der Waals surface area contributed by atoms with Crippen molar-refractivity contribution in [2.45, 2.75) is 76.5 Å². The minimum absolute atomic E-state index is 0.0728. The van der Waals surface area contributed by atoms with Crippen LogP contribution in [0.3, 0.4) is 0 Å². The Balaban J connectivity index is 0.000000267. The van der Waals surface area contributed by atoms with Gasteiger partial charge >= 0.3 is 18.4 Å². The number of nitro benzene ring substituents is 2. The molecule has 2 unspecified atom stereocenters. The van der Waals surface area contributed by atoms with E-state index in [1.165, 1.54) is 4.90 Å². The summed E-state index contributed by atoms with van der Waals surface area (Å²) in [5, 5.41) is 24.7. The van der Waals surface area contributed by atoms with E-state index in [1.54, 1.807) is 20.8 Å². The Morgan fingerprint density at radius 2 is 1.34 bits per heavy atom. The molecule has 2 saturated heterocycles. The quantitative estimate of drug-likeness (QED) is 0.175. The highest BCUT2D eigenvalue weighted by atomic mass is 19.4. The molecule has 0 aliphatic carbocycles. The number of amides is 1. The van der Waals surface area contributed by atoms with Crippen molar-refractivity contribution < 1.29 is 55.2 Å². The minimum Gasteiger partial charge on any atom is -0.492 e. The van der Waals surface area contributed by atoms with Crippen LogP contribution in [0, 0.1) is 20.2 Å². The van der Waals surface area contributed by atoms with Gasteiger partial charge in [-0.15, -0.1) is 0 Å². The van der Waals surface area contributed by atoms with Crippen LogP contribution in [0.2, 0.25) is 0 Å². The van der Waals surface area contributed by atoms with E-state index in [0.717, 1.165) is 37.6 Å². The predicted molar refractivity (Wildman–Crippen MR) is 154 cm³/mol.